The van der Waals surface area contributed by atoms with Crippen LogP contribution in [0.1, 0.15) is 65.5 Å². The first kappa shape index (κ1) is 20.4. The molecule has 1 aromatic carbocycles. The quantitative estimate of drug-likeness (QED) is 0.820. The van der Waals surface area contributed by atoms with Crippen molar-refractivity contribution < 1.29 is 14.0 Å². The van der Waals surface area contributed by atoms with Gasteiger partial charge in [-0.25, -0.2) is 14.4 Å². The molecule has 6 nitrogen and oxygen atoms in total. The van der Waals surface area contributed by atoms with Gasteiger partial charge in [0.1, 0.15) is 11.6 Å². The molecule has 0 unspecified atom stereocenters. The van der Waals surface area contributed by atoms with Crippen molar-refractivity contribution in [1.29, 1.82) is 0 Å². The third-order valence-electron chi connectivity index (χ3n) is 6.24. The summed E-state index contributed by atoms with van der Waals surface area (Å²) in [4.78, 5) is 35.9. The van der Waals surface area contributed by atoms with Crippen LogP contribution in [0.3, 0.4) is 0 Å². The maximum atomic E-state index is 13.0. The first-order chi connectivity index (χ1) is 14.5. The molecule has 7 heteroatoms. The zero-order valence-corrected chi connectivity index (χ0v) is 17.2. The zero-order chi connectivity index (χ0) is 21.1. The second-order valence-corrected chi connectivity index (χ2v) is 8.26. The summed E-state index contributed by atoms with van der Waals surface area (Å²) in [5.74, 6) is 0.967. The molecule has 2 fully saturated rings. The van der Waals surface area contributed by atoms with Crippen molar-refractivity contribution in [2.75, 3.05) is 13.1 Å². The fraction of sp³-hybridized carbons (Fsp3) is 0.478. The zero-order valence-electron chi connectivity index (χ0n) is 17.2. The highest BCUT2D eigenvalue weighted by atomic mass is 19.1. The van der Waals surface area contributed by atoms with Gasteiger partial charge < -0.3 is 10.2 Å². The van der Waals surface area contributed by atoms with Gasteiger partial charge in [-0.2, -0.15) is 0 Å². The number of halogens is 1. The van der Waals surface area contributed by atoms with Gasteiger partial charge >= 0.3 is 0 Å². The van der Waals surface area contributed by atoms with E-state index >= 15 is 0 Å². The van der Waals surface area contributed by atoms with E-state index in [9.17, 15) is 14.0 Å². The highest BCUT2D eigenvalue weighted by Crippen LogP contribution is 2.31. The average molecular weight is 410 g/mol. The molecule has 0 atom stereocenters. The molecule has 1 aliphatic carbocycles. The van der Waals surface area contributed by atoms with Crippen LogP contribution in [0.15, 0.2) is 30.5 Å². The first-order valence-corrected chi connectivity index (χ1v) is 10.7. The number of rotatable bonds is 5. The van der Waals surface area contributed by atoms with E-state index in [0.29, 0.717) is 23.7 Å². The second kappa shape index (κ2) is 8.90. The standard InChI is InChI=1S/C23H27FN4O2/c1-15-20(22(29)26-13-16-5-7-19(24)8-6-16)14-25-21(27-15)17-9-11-28(12-10-17)23(30)18-3-2-4-18/h5-8,14,17-18H,2-4,9-13H2,1H3,(H,26,29). The van der Waals surface area contributed by atoms with E-state index in [0.717, 1.165) is 50.2 Å². The number of benzene rings is 1. The smallest absolute Gasteiger partial charge is 0.254 e. The first-order valence-electron chi connectivity index (χ1n) is 10.7. The van der Waals surface area contributed by atoms with Crippen LogP contribution in [0.4, 0.5) is 4.39 Å². The highest BCUT2D eigenvalue weighted by Gasteiger charge is 2.32. The van der Waals surface area contributed by atoms with E-state index in [1.807, 2.05) is 11.8 Å². The van der Waals surface area contributed by atoms with Crippen molar-refractivity contribution in [3.8, 4) is 0 Å². The minimum Gasteiger partial charge on any atom is -0.348 e. The topological polar surface area (TPSA) is 75.2 Å². The lowest BCUT2D eigenvalue weighted by atomic mass is 9.83. The molecule has 2 aromatic rings. The summed E-state index contributed by atoms with van der Waals surface area (Å²) in [5, 5.41) is 2.83. The summed E-state index contributed by atoms with van der Waals surface area (Å²) in [6.07, 6.45) is 6.53. The molecule has 30 heavy (non-hydrogen) atoms. The van der Waals surface area contributed by atoms with Crippen LogP contribution in [-0.2, 0) is 11.3 Å². The van der Waals surface area contributed by atoms with E-state index in [4.69, 9.17) is 0 Å². The number of amides is 2. The van der Waals surface area contributed by atoms with Crippen molar-refractivity contribution in [2.24, 2.45) is 5.92 Å². The molecule has 0 spiro atoms. The van der Waals surface area contributed by atoms with Gasteiger partial charge in [0.15, 0.2) is 0 Å². The van der Waals surface area contributed by atoms with Crippen molar-refractivity contribution in [1.82, 2.24) is 20.2 Å². The summed E-state index contributed by atoms with van der Waals surface area (Å²) in [6, 6.07) is 6.03. The monoisotopic (exact) mass is 410 g/mol. The number of carbonyl (C=O) groups excluding carboxylic acids is 2. The van der Waals surface area contributed by atoms with Crippen LogP contribution in [0.5, 0.6) is 0 Å². The van der Waals surface area contributed by atoms with E-state index in [-0.39, 0.29) is 23.6 Å². The Morgan fingerprint density at radius 1 is 1.13 bits per heavy atom. The molecule has 2 heterocycles. The highest BCUT2D eigenvalue weighted by molar-refractivity contribution is 5.94. The van der Waals surface area contributed by atoms with Gasteiger partial charge in [-0.3, -0.25) is 9.59 Å². The molecule has 1 aromatic heterocycles. The van der Waals surface area contributed by atoms with Gasteiger partial charge in [-0.15, -0.1) is 0 Å². The molecule has 1 saturated heterocycles. The normalized spacial score (nSPS) is 17.5. The summed E-state index contributed by atoms with van der Waals surface area (Å²) in [7, 11) is 0. The molecule has 2 aliphatic rings. The van der Waals surface area contributed by atoms with Gasteiger partial charge in [0.25, 0.3) is 5.91 Å². The molecule has 1 saturated carbocycles. The summed E-state index contributed by atoms with van der Waals surface area (Å²) in [5.41, 5.74) is 1.91. The molecule has 0 radical (unpaired) electrons. The Kier molecular flexibility index (Phi) is 6.06. The van der Waals surface area contributed by atoms with E-state index in [2.05, 4.69) is 15.3 Å². The summed E-state index contributed by atoms with van der Waals surface area (Å²) < 4.78 is 13.0. The Morgan fingerprint density at radius 3 is 2.43 bits per heavy atom. The molecule has 4 rings (SSSR count). The van der Waals surface area contributed by atoms with Crippen LogP contribution in [0.25, 0.3) is 0 Å². The average Bonchev–Trinajstić information content (AvgIpc) is 2.72. The number of carbonyl (C=O) groups is 2. The number of piperidine rings is 1. The number of nitrogens with zero attached hydrogens (tertiary/aromatic N) is 3. The van der Waals surface area contributed by atoms with Crippen molar-refractivity contribution >= 4 is 11.8 Å². The maximum Gasteiger partial charge on any atom is 0.254 e. The second-order valence-electron chi connectivity index (χ2n) is 8.26. The fourth-order valence-electron chi connectivity index (χ4n) is 4.06. The van der Waals surface area contributed by atoms with Gasteiger partial charge in [0, 0.05) is 37.7 Å². The predicted octanol–water partition coefficient (Wildman–Crippen LogP) is 3.36. The number of nitrogens with one attached hydrogen (secondary N) is 1. The lowest BCUT2D eigenvalue weighted by Gasteiger charge is -2.36. The Bertz CT molecular complexity index is 919. The Balaban J connectivity index is 1.33. The SMILES string of the molecule is Cc1nc(C2CCN(C(=O)C3CCC3)CC2)ncc1C(=O)NCc1ccc(F)cc1. The van der Waals surface area contributed by atoms with Crippen LogP contribution in [0, 0.1) is 18.7 Å². The van der Waals surface area contributed by atoms with Gasteiger partial charge in [0.05, 0.1) is 11.3 Å². The molecular formula is C23H27FN4O2. The third-order valence-corrected chi connectivity index (χ3v) is 6.24. The summed E-state index contributed by atoms with van der Waals surface area (Å²) in [6.45, 7) is 3.63. The minimum atomic E-state index is -0.303. The number of aromatic nitrogens is 2. The lowest BCUT2D eigenvalue weighted by Crippen LogP contribution is -2.43. The molecule has 0 bridgehead atoms. The van der Waals surface area contributed by atoms with Crippen LogP contribution < -0.4 is 5.32 Å². The van der Waals surface area contributed by atoms with Crippen LogP contribution in [0.2, 0.25) is 0 Å². The van der Waals surface area contributed by atoms with Crippen molar-refractivity contribution in [3.63, 3.8) is 0 Å². The molecule has 158 valence electrons. The van der Waals surface area contributed by atoms with E-state index < -0.39 is 0 Å². The number of hydrogen-bond acceptors (Lipinski definition) is 4. The molecule has 2 amide bonds. The number of hydrogen-bond donors (Lipinski definition) is 1. The lowest BCUT2D eigenvalue weighted by molar-refractivity contribution is -0.139. The number of aryl methyl sites for hydroxylation is 1. The third kappa shape index (κ3) is 4.50. The van der Waals surface area contributed by atoms with E-state index in [1.54, 1.807) is 18.3 Å². The van der Waals surface area contributed by atoms with Gasteiger partial charge in [0.2, 0.25) is 5.91 Å². The molecule has 1 N–H and O–H groups in total. The Hall–Kier alpha value is -2.83. The van der Waals surface area contributed by atoms with Gasteiger partial charge in [-0.05, 0) is 50.3 Å². The van der Waals surface area contributed by atoms with Crippen molar-refractivity contribution in [3.05, 3.63) is 58.9 Å². The molecule has 1 aliphatic heterocycles. The van der Waals surface area contributed by atoms with Crippen molar-refractivity contribution in [2.45, 2.75) is 51.5 Å². The maximum absolute atomic E-state index is 13.0. The van der Waals surface area contributed by atoms with Crippen LogP contribution >= 0.6 is 0 Å². The van der Waals surface area contributed by atoms with E-state index in [1.165, 1.54) is 18.6 Å². The predicted molar refractivity (Wildman–Crippen MR) is 110 cm³/mol. The number of likely N-dealkylation sites (tertiary alicyclic amines) is 1. The fourth-order valence-corrected chi connectivity index (χ4v) is 4.06. The van der Waals surface area contributed by atoms with Gasteiger partial charge in [-0.1, -0.05) is 18.6 Å². The Morgan fingerprint density at radius 2 is 1.83 bits per heavy atom. The molecular weight excluding hydrogens is 383 g/mol. The Labute approximate surface area is 175 Å². The largest absolute Gasteiger partial charge is 0.348 e. The van der Waals surface area contributed by atoms with Crippen LogP contribution in [-0.4, -0.2) is 39.8 Å². The minimum absolute atomic E-state index is 0.213. The summed E-state index contributed by atoms with van der Waals surface area (Å²) >= 11 is 0.